The Bertz CT molecular complexity index is 1030. The van der Waals surface area contributed by atoms with E-state index in [9.17, 15) is 28.2 Å². The van der Waals surface area contributed by atoms with Crippen molar-refractivity contribution >= 4 is 5.78 Å². The molecule has 0 spiro atoms. The first-order valence-electron chi connectivity index (χ1n) is 8.59. The van der Waals surface area contributed by atoms with E-state index >= 15 is 0 Å². The molecule has 3 aromatic carbocycles. The van der Waals surface area contributed by atoms with Gasteiger partial charge in [-0.1, -0.05) is 36.4 Å². The van der Waals surface area contributed by atoms with E-state index in [0.717, 1.165) is 12.1 Å². The number of ketones is 1. The molecule has 0 atom stereocenters. The summed E-state index contributed by atoms with van der Waals surface area (Å²) in [4.78, 5) is 12.6. The molecular formula is C22H17F3O4. The molecule has 0 fully saturated rings. The maximum absolute atomic E-state index is 12.9. The van der Waals surface area contributed by atoms with Gasteiger partial charge in [0.25, 0.3) is 0 Å². The normalized spacial score (nSPS) is 11.3. The number of methoxy groups -OCH3 is 1. The molecule has 0 radical (unpaired) electrons. The molecule has 0 aliphatic heterocycles. The average Bonchev–Trinajstić information content (AvgIpc) is 2.67. The van der Waals surface area contributed by atoms with Crippen molar-refractivity contribution in [2.75, 3.05) is 7.11 Å². The third-order valence-corrected chi connectivity index (χ3v) is 4.40. The standard InChI is InChI=1S/C22H17F3O4/c1-29-17-11-19(27)21(20(28)12-17)15-6-3-5-14(10-15)18(26)9-13-4-2-7-16(8-13)22(23,24)25/h2-8,10-12,27-28H,9H2,1H3. The van der Waals surface area contributed by atoms with Crippen molar-refractivity contribution in [3.05, 3.63) is 77.4 Å². The Morgan fingerprint density at radius 1 is 0.966 bits per heavy atom. The summed E-state index contributed by atoms with van der Waals surface area (Å²) < 4.78 is 43.5. The van der Waals surface area contributed by atoms with Crippen LogP contribution in [0, 0.1) is 0 Å². The average molecular weight is 402 g/mol. The van der Waals surface area contributed by atoms with Crippen LogP contribution in [0.25, 0.3) is 11.1 Å². The van der Waals surface area contributed by atoms with Gasteiger partial charge in [-0.25, -0.2) is 0 Å². The number of Topliss-reactive ketones (excluding diaryl/α,β-unsaturated/α-hetero) is 1. The fraction of sp³-hybridized carbons (Fsp3) is 0.136. The number of benzene rings is 3. The summed E-state index contributed by atoms with van der Waals surface area (Å²) in [6, 6.07) is 13.4. The van der Waals surface area contributed by atoms with Crippen LogP contribution < -0.4 is 4.74 Å². The maximum Gasteiger partial charge on any atom is 0.416 e. The third-order valence-electron chi connectivity index (χ3n) is 4.40. The number of carbonyl (C=O) groups excluding carboxylic acids is 1. The van der Waals surface area contributed by atoms with Crippen LogP contribution in [-0.2, 0) is 12.6 Å². The molecular weight excluding hydrogens is 385 g/mol. The Balaban J connectivity index is 1.90. The van der Waals surface area contributed by atoms with Crippen molar-refractivity contribution in [3.8, 4) is 28.4 Å². The molecule has 4 nitrogen and oxygen atoms in total. The summed E-state index contributed by atoms with van der Waals surface area (Å²) in [6.45, 7) is 0. The highest BCUT2D eigenvalue weighted by molar-refractivity contribution is 5.99. The zero-order valence-electron chi connectivity index (χ0n) is 15.3. The number of aromatic hydroxyl groups is 2. The predicted molar refractivity (Wildman–Crippen MR) is 101 cm³/mol. The summed E-state index contributed by atoms with van der Waals surface area (Å²) in [6.07, 6.45) is -4.70. The van der Waals surface area contributed by atoms with Crippen molar-refractivity contribution < 1.29 is 32.9 Å². The lowest BCUT2D eigenvalue weighted by molar-refractivity contribution is -0.137. The molecule has 3 rings (SSSR count). The van der Waals surface area contributed by atoms with Crippen LogP contribution in [0.1, 0.15) is 21.5 Å². The van der Waals surface area contributed by atoms with E-state index in [1.54, 1.807) is 12.1 Å². The lowest BCUT2D eigenvalue weighted by Crippen LogP contribution is -2.08. The highest BCUT2D eigenvalue weighted by Crippen LogP contribution is 2.40. The summed E-state index contributed by atoms with van der Waals surface area (Å²) in [5, 5.41) is 20.4. The van der Waals surface area contributed by atoms with Crippen LogP contribution in [0.3, 0.4) is 0 Å². The second-order valence-electron chi connectivity index (χ2n) is 6.42. The molecule has 0 aliphatic rings. The molecule has 150 valence electrons. The molecule has 0 heterocycles. The van der Waals surface area contributed by atoms with E-state index in [2.05, 4.69) is 0 Å². The zero-order chi connectivity index (χ0) is 21.2. The van der Waals surface area contributed by atoms with Crippen molar-refractivity contribution in [1.82, 2.24) is 0 Å². The van der Waals surface area contributed by atoms with Crippen LogP contribution in [0.2, 0.25) is 0 Å². The number of halogens is 3. The van der Waals surface area contributed by atoms with E-state index in [1.807, 2.05) is 0 Å². The second-order valence-corrected chi connectivity index (χ2v) is 6.42. The molecule has 0 bridgehead atoms. The molecule has 0 saturated heterocycles. The van der Waals surface area contributed by atoms with E-state index in [-0.39, 0.29) is 40.4 Å². The number of ether oxygens (including phenoxy) is 1. The highest BCUT2D eigenvalue weighted by atomic mass is 19.4. The number of rotatable bonds is 5. The molecule has 7 heteroatoms. The number of alkyl halides is 3. The molecule has 2 N–H and O–H groups in total. The van der Waals surface area contributed by atoms with Gasteiger partial charge in [-0.15, -0.1) is 0 Å². The van der Waals surface area contributed by atoms with Gasteiger partial charge in [0.15, 0.2) is 5.78 Å². The van der Waals surface area contributed by atoms with Gasteiger partial charge in [0.1, 0.15) is 17.2 Å². The zero-order valence-corrected chi connectivity index (χ0v) is 15.3. The lowest BCUT2D eigenvalue weighted by Gasteiger charge is -2.11. The number of phenolic OH excluding ortho intramolecular Hbond substituents is 2. The molecule has 0 aliphatic carbocycles. The van der Waals surface area contributed by atoms with Crippen LogP contribution in [0.15, 0.2) is 60.7 Å². The van der Waals surface area contributed by atoms with Gasteiger partial charge in [0.2, 0.25) is 0 Å². The van der Waals surface area contributed by atoms with E-state index in [1.165, 1.54) is 43.5 Å². The summed E-state index contributed by atoms with van der Waals surface area (Å²) in [5.74, 6) is -0.590. The Morgan fingerprint density at radius 3 is 2.24 bits per heavy atom. The van der Waals surface area contributed by atoms with Gasteiger partial charge in [-0.05, 0) is 23.3 Å². The number of phenols is 2. The van der Waals surface area contributed by atoms with E-state index in [0.29, 0.717) is 5.56 Å². The highest BCUT2D eigenvalue weighted by Gasteiger charge is 2.30. The Hall–Kier alpha value is -3.48. The molecule has 0 unspecified atom stereocenters. The lowest BCUT2D eigenvalue weighted by atomic mass is 9.96. The minimum absolute atomic E-state index is 0.125. The second kappa shape index (κ2) is 7.87. The first kappa shape index (κ1) is 20.3. The third kappa shape index (κ3) is 4.51. The molecule has 0 amide bonds. The smallest absolute Gasteiger partial charge is 0.416 e. The fourth-order valence-electron chi connectivity index (χ4n) is 2.99. The van der Waals surface area contributed by atoms with Gasteiger partial charge in [-0.3, -0.25) is 4.79 Å². The Kier molecular flexibility index (Phi) is 5.50. The molecule has 29 heavy (non-hydrogen) atoms. The van der Waals surface area contributed by atoms with Crippen molar-refractivity contribution in [2.45, 2.75) is 12.6 Å². The van der Waals surface area contributed by atoms with Crippen molar-refractivity contribution in [3.63, 3.8) is 0 Å². The Labute approximate surface area is 164 Å². The Morgan fingerprint density at radius 2 is 1.62 bits per heavy atom. The largest absolute Gasteiger partial charge is 0.507 e. The van der Waals surface area contributed by atoms with Gasteiger partial charge in [0, 0.05) is 24.1 Å². The fourth-order valence-corrected chi connectivity index (χ4v) is 2.99. The minimum atomic E-state index is -4.48. The van der Waals surface area contributed by atoms with Crippen LogP contribution >= 0.6 is 0 Å². The SMILES string of the molecule is COc1cc(O)c(-c2cccc(C(=O)Cc3cccc(C(F)(F)F)c3)c2)c(O)c1. The van der Waals surface area contributed by atoms with Crippen LogP contribution in [-0.4, -0.2) is 23.1 Å². The first-order chi connectivity index (χ1) is 13.7. The number of hydrogen-bond donors (Lipinski definition) is 2. The molecule has 3 aromatic rings. The van der Waals surface area contributed by atoms with Crippen LogP contribution in [0.5, 0.6) is 17.2 Å². The quantitative estimate of drug-likeness (QED) is 0.575. The summed E-state index contributed by atoms with van der Waals surface area (Å²) in [7, 11) is 1.39. The summed E-state index contributed by atoms with van der Waals surface area (Å²) in [5.41, 5.74) is 0.182. The molecule has 0 aromatic heterocycles. The van der Waals surface area contributed by atoms with Crippen molar-refractivity contribution in [2.24, 2.45) is 0 Å². The summed E-state index contributed by atoms with van der Waals surface area (Å²) >= 11 is 0. The van der Waals surface area contributed by atoms with Gasteiger partial charge >= 0.3 is 6.18 Å². The monoisotopic (exact) mass is 402 g/mol. The number of carbonyl (C=O) groups is 1. The minimum Gasteiger partial charge on any atom is -0.507 e. The first-order valence-corrected chi connectivity index (χ1v) is 8.59. The molecule has 0 saturated carbocycles. The van der Waals surface area contributed by atoms with Gasteiger partial charge < -0.3 is 14.9 Å². The van der Waals surface area contributed by atoms with Crippen LogP contribution in [0.4, 0.5) is 13.2 Å². The van der Waals surface area contributed by atoms with Crippen molar-refractivity contribution in [1.29, 1.82) is 0 Å². The topological polar surface area (TPSA) is 66.8 Å². The van der Waals surface area contributed by atoms with E-state index < -0.39 is 17.5 Å². The van der Waals surface area contributed by atoms with Gasteiger partial charge in [-0.2, -0.15) is 13.2 Å². The predicted octanol–water partition coefficient (Wildman–Crippen LogP) is 5.22. The van der Waals surface area contributed by atoms with Gasteiger partial charge in [0.05, 0.1) is 18.2 Å². The maximum atomic E-state index is 12.9. The van der Waals surface area contributed by atoms with E-state index in [4.69, 9.17) is 4.74 Å². The number of hydrogen-bond acceptors (Lipinski definition) is 4.